The molecule has 3 rings (SSSR count). The molecule has 1 heterocycles. The summed E-state index contributed by atoms with van der Waals surface area (Å²) in [5.74, 6) is 0.225. The van der Waals surface area contributed by atoms with Gasteiger partial charge in [0.2, 0.25) is 5.91 Å². The van der Waals surface area contributed by atoms with Gasteiger partial charge >= 0.3 is 0 Å². The molecule has 0 aromatic heterocycles. The number of nitrogens with zero attached hydrogens (tertiary/aromatic N) is 1. The molecule has 2 aromatic carbocycles. The first kappa shape index (κ1) is 17.6. The number of hydrogen-bond acceptors (Lipinski definition) is 3. The minimum absolute atomic E-state index is 0.00520. The predicted molar refractivity (Wildman–Crippen MR) is 101 cm³/mol. The molecule has 4 nitrogen and oxygen atoms in total. The Balaban J connectivity index is 1.90. The fourth-order valence-electron chi connectivity index (χ4n) is 3.84. The summed E-state index contributed by atoms with van der Waals surface area (Å²) in [5.41, 5.74) is 6.57. The molecule has 0 aliphatic carbocycles. The standard InChI is InChI=1S/C21H26N2O2/c1-14(2)12-23-9-5-7-16(13-23)20(24)17-10-15-6-3-4-8-18(15)19(11-17)21(22)25/h3-4,6,8,10-11,14,16H,5,7,9,12-13H2,1-2H3,(H2,22,25). The average Bonchev–Trinajstić information content (AvgIpc) is 2.59. The van der Waals surface area contributed by atoms with Crippen LogP contribution in [0.3, 0.4) is 0 Å². The normalized spacial score (nSPS) is 18.6. The maximum Gasteiger partial charge on any atom is 0.249 e. The van der Waals surface area contributed by atoms with E-state index in [0.717, 1.165) is 43.2 Å². The Labute approximate surface area is 149 Å². The smallest absolute Gasteiger partial charge is 0.249 e. The first-order chi connectivity index (χ1) is 12.0. The van der Waals surface area contributed by atoms with E-state index in [1.54, 1.807) is 6.07 Å². The van der Waals surface area contributed by atoms with E-state index in [2.05, 4.69) is 18.7 Å². The van der Waals surface area contributed by atoms with Gasteiger partial charge in [0, 0.05) is 30.1 Å². The number of piperidine rings is 1. The summed E-state index contributed by atoms with van der Waals surface area (Å²) < 4.78 is 0. The highest BCUT2D eigenvalue weighted by molar-refractivity contribution is 6.10. The molecule has 1 aliphatic rings. The Morgan fingerprint density at radius 2 is 2.00 bits per heavy atom. The van der Waals surface area contributed by atoms with Crippen LogP contribution in [-0.2, 0) is 0 Å². The van der Waals surface area contributed by atoms with Gasteiger partial charge in [0.05, 0.1) is 0 Å². The molecule has 132 valence electrons. The quantitative estimate of drug-likeness (QED) is 0.849. The van der Waals surface area contributed by atoms with Crippen LogP contribution in [0.15, 0.2) is 36.4 Å². The molecule has 25 heavy (non-hydrogen) atoms. The number of ketones is 1. The summed E-state index contributed by atoms with van der Waals surface area (Å²) >= 11 is 0. The van der Waals surface area contributed by atoms with Gasteiger partial charge < -0.3 is 10.6 Å². The zero-order valence-corrected chi connectivity index (χ0v) is 15.0. The predicted octanol–water partition coefficient (Wildman–Crippen LogP) is 3.49. The molecule has 1 unspecified atom stereocenters. The van der Waals surface area contributed by atoms with Crippen molar-refractivity contribution in [1.29, 1.82) is 0 Å². The molecule has 2 N–H and O–H groups in total. The van der Waals surface area contributed by atoms with Crippen LogP contribution in [0, 0.1) is 11.8 Å². The van der Waals surface area contributed by atoms with Gasteiger partial charge in [0.25, 0.3) is 0 Å². The third-order valence-electron chi connectivity index (χ3n) is 4.91. The lowest BCUT2D eigenvalue weighted by molar-refractivity contribution is 0.0806. The minimum Gasteiger partial charge on any atom is -0.366 e. The van der Waals surface area contributed by atoms with Crippen LogP contribution >= 0.6 is 0 Å². The van der Waals surface area contributed by atoms with Gasteiger partial charge in [0.15, 0.2) is 5.78 Å². The zero-order valence-electron chi connectivity index (χ0n) is 15.0. The first-order valence-corrected chi connectivity index (χ1v) is 9.05. The number of nitrogens with two attached hydrogens (primary N) is 1. The van der Waals surface area contributed by atoms with E-state index in [0.29, 0.717) is 17.0 Å². The summed E-state index contributed by atoms with van der Waals surface area (Å²) in [4.78, 5) is 27.3. The maximum atomic E-state index is 13.1. The molecule has 0 spiro atoms. The lowest BCUT2D eigenvalue weighted by atomic mass is 9.88. The van der Waals surface area contributed by atoms with E-state index < -0.39 is 5.91 Å². The highest BCUT2D eigenvalue weighted by Crippen LogP contribution is 2.26. The number of Topliss-reactive ketones (excluding diaryl/α,β-unsaturated/α-hetero) is 1. The molecule has 0 bridgehead atoms. The minimum atomic E-state index is -0.490. The van der Waals surface area contributed by atoms with Crippen molar-refractivity contribution in [2.75, 3.05) is 19.6 Å². The van der Waals surface area contributed by atoms with Gasteiger partial charge in [-0.2, -0.15) is 0 Å². The largest absolute Gasteiger partial charge is 0.366 e. The second-order valence-electron chi connectivity index (χ2n) is 7.47. The zero-order chi connectivity index (χ0) is 18.0. The topological polar surface area (TPSA) is 63.4 Å². The lowest BCUT2D eigenvalue weighted by Crippen LogP contribution is -2.40. The highest BCUT2D eigenvalue weighted by atomic mass is 16.1. The van der Waals surface area contributed by atoms with Crippen LogP contribution in [0.25, 0.3) is 10.8 Å². The van der Waals surface area contributed by atoms with Crippen molar-refractivity contribution >= 4 is 22.5 Å². The van der Waals surface area contributed by atoms with E-state index in [1.165, 1.54) is 0 Å². The van der Waals surface area contributed by atoms with E-state index in [-0.39, 0.29) is 11.7 Å². The SMILES string of the molecule is CC(C)CN1CCCC(C(=O)c2cc(C(N)=O)c3ccccc3c2)C1. The number of benzene rings is 2. The van der Waals surface area contributed by atoms with Crippen molar-refractivity contribution in [1.82, 2.24) is 4.90 Å². The van der Waals surface area contributed by atoms with Gasteiger partial charge in [0.1, 0.15) is 0 Å². The number of carbonyl (C=O) groups excluding carboxylic acids is 2. The number of amides is 1. The van der Waals surface area contributed by atoms with Gasteiger partial charge in [-0.05, 0) is 48.2 Å². The number of primary amides is 1. The third kappa shape index (κ3) is 3.90. The summed E-state index contributed by atoms with van der Waals surface area (Å²) in [7, 11) is 0. The summed E-state index contributed by atoms with van der Waals surface area (Å²) in [6, 6.07) is 11.1. The molecule has 1 aliphatic heterocycles. The van der Waals surface area contributed by atoms with Crippen LogP contribution in [0.4, 0.5) is 0 Å². The van der Waals surface area contributed by atoms with E-state index in [4.69, 9.17) is 5.73 Å². The molecule has 1 amide bonds. The van der Waals surface area contributed by atoms with Gasteiger partial charge in [-0.3, -0.25) is 9.59 Å². The first-order valence-electron chi connectivity index (χ1n) is 9.05. The van der Waals surface area contributed by atoms with Gasteiger partial charge in [-0.25, -0.2) is 0 Å². The van der Waals surface area contributed by atoms with Crippen LogP contribution < -0.4 is 5.73 Å². The molecular weight excluding hydrogens is 312 g/mol. The number of rotatable bonds is 5. The average molecular weight is 338 g/mol. The third-order valence-corrected chi connectivity index (χ3v) is 4.91. The molecule has 1 fully saturated rings. The maximum absolute atomic E-state index is 13.1. The Bertz CT molecular complexity index is 798. The van der Waals surface area contributed by atoms with Crippen LogP contribution in [-0.4, -0.2) is 36.2 Å². The Kier molecular flexibility index (Phi) is 5.19. The molecule has 1 saturated heterocycles. The number of carbonyl (C=O) groups is 2. The van der Waals surface area contributed by atoms with Crippen LogP contribution in [0.2, 0.25) is 0 Å². The van der Waals surface area contributed by atoms with Gasteiger partial charge in [-0.1, -0.05) is 38.1 Å². The molecule has 2 aromatic rings. The van der Waals surface area contributed by atoms with Crippen molar-refractivity contribution in [2.24, 2.45) is 17.6 Å². The number of fused-ring (bicyclic) bond motifs is 1. The van der Waals surface area contributed by atoms with E-state index in [1.807, 2.05) is 30.3 Å². The fourth-order valence-corrected chi connectivity index (χ4v) is 3.84. The lowest BCUT2D eigenvalue weighted by Gasteiger charge is -2.33. The summed E-state index contributed by atoms with van der Waals surface area (Å²) in [5, 5.41) is 1.69. The van der Waals surface area contributed by atoms with Crippen molar-refractivity contribution in [3.8, 4) is 0 Å². The molecule has 4 heteroatoms. The fraction of sp³-hybridized carbons (Fsp3) is 0.429. The number of hydrogen-bond donors (Lipinski definition) is 1. The molecule has 1 atom stereocenters. The van der Waals surface area contributed by atoms with Crippen molar-refractivity contribution in [2.45, 2.75) is 26.7 Å². The highest BCUT2D eigenvalue weighted by Gasteiger charge is 2.27. The summed E-state index contributed by atoms with van der Waals surface area (Å²) in [6.07, 6.45) is 1.95. The monoisotopic (exact) mass is 338 g/mol. The van der Waals surface area contributed by atoms with Crippen LogP contribution in [0.5, 0.6) is 0 Å². The Morgan fingerprint density at radius 3 is 2.72 bits per heavy atom. The molecule has 0 radical (unpaired) electrons. The Morgan fingerprint density at radius 1 is 1.24 bits per heavy atom. The van der Waals surface area contributed by atoms with Crippen LogP contribution in [0.1, 0.15) is 47.4 Å². The van der Waals surface area contributed by atoms with Gasteiger partial charge in [-0.15, -0.1) is 0 Å². The van der Waals surface area contributed by atoms with Crippen molar-refractivity contribution < 1.29 is 9.59 Å². The second-order valence-corrected chi connectivity index (χ2v) is 7.47. The Hall–Kier alpha value is -2.20. The van der Waals surface area contributed by atoms with Crippen molar-refractivity contribution in [3.05, 3.63) is 47.5 Å². The molecule has 0 saturated carbocycles. The van der Waals surface area contributed by atoms with E-state index >= 15 is 0 Å². The number of likely N-dealkylation sites (tertiary alicyclic amines) is 1. The summed E-state index contributed by atoms with van der Waals surface area (Å²) in [6.45, 7) is 7.29. The molecular formula is C21H26N2O2. The van der Waals surface area contributed by atoms with Crippen molar-refractivity contribution in [3.63, 3.8) is 0 Å². The second kappa shape index (κ2) is 7.36. The van der Waals surface area contributed by atoms with E-state index in [9.17, 15) is 9.59 Å².